The van der Waals surface area contributed by atoms with Crippen LogP contribution < -0.4 is 10.9 Å². The van der Waals surface area contributed by atoms with E-state index in [1.807, 2.05) is 6.92 Å². The number of nitrogens with one attached hydrogen (secondary N) is 2. The summed E-state index contributed by atoms with van der Waals surface area (Å²) in [5.41, 5.74) is 1.48. The normalized spacial score (nSPS) is 11.1. The molecule has 23 heavy (non-hydrogen) atoms. The predicted molar refractivity (Wildman–Crippen MR) is 81.4 cm³/mol. The molecule has 120 valence electrons. The minimum Gasteiger partial charge on any atom is -0.351 e. The molecule has 3 rings (SSSR count). The third-order valence-electron chi connectivity index (χ3n) is 3.53. The second-order valence-electron chi connectivity index (χ2n) is 5.17. The molecule has 0 saturated carbocycles. The summed E-state index contributed by atoms with van der Waals surface area (Å²) in [7, 11) is 0. The summed E-state index contributed by atoms with van der Waals surface area (Å²) >= 11 is 0. The molecule has 0 radical (unpaired) electrons. The molecule has 0 spiro atoms. The molecule has 0 aliphatic heterocycles. The van der Waals surface area contributed by atoms with E-state index in [0.717, 1.165) is 6.07 Å². The number of hydrogen-bond donors (Lipinski definition) is 2. The third-order valence-corrected chi connectivity index (χ3v) is 3.53. The SMILES string of the molecule is CCc1c(C)nc2nc(NCc3cc(F)cc(F)c3)[nH]n2c1=O. The van der Waals surface area contributed by atoms with Crippen molar-refractivity contribution in [2.24, 2.45) is 0 Å². The van der Waals surface area contributed by atoms with Crippen molar-refractivity contribution in [2.75, 3.05) is 5.32 Å². The summed E-state index contributed by atoms with van der Waals surface area (Å²) in [6.07, 6.45) is 0.574. The van der Waals surface area contributed by atoms with Gasteiger partial charge in [-0.25, -0.2) is 13.8 Å². The van der Waals surface area contributed by atoms with Crippen LogP contribution in [0.15, 0.2) is 23.0 Å². The van der Waals surface area contributed by atoms with E-state index in [4.69, 9.17) is 0 Å². The molecule has 2 N–H and O–H groups in total. The molecule has 6 nitrogen and oxygen atoms in total. The van der Waals surface area contributed by atoms with Crippen molar-refractivity contribution in [3.63, 3.8) is 0 Å². The van der Waals surface area contributed by atoms with Crippen molar-refractivity contribution in [3.8, 4) is 0 Å². The monoisotopic (exact) mass is 319 g/mol. The van der Waals surface area contributed by atoms with E-state index in [2.05, 4.69) is 20.4 Å². The number of aromatic amines is 1. The Morgan fingerprint density at radius 1 is 1.22 bits per heavy atom. The van der Waals surface area contributed by atoms with Gasteiger partial charge in [0.05, 0.1) is 5.69 Å². The van der Waals surface area contributed by atoms with Crippen molar-refractivity contribution in [1.82, 2.24) is 19.6 Å². The lowest BCUT2D eigenvalue weighted by atomic mass is 10.2. The van der Waals surface area contributed by atoms with Crippen molar-refractivity contribution >= 4 is 11.7 Å². The summed E-state index contributed by atoms with van der Waals surface area (Å²) in [5, 5.41) is 5.69. The maximum Gasteiger partial charge on any atom is 0.277 e. The molecule has 3 aromatic rings. The van der Waals surface area contributed by atoms with Gasteiger partial charge in [0.15, 0.2) is 0 Å². The van der Waals surface area contributed by atoms with Crippen LogP contribution in [0.2, 0.25) is 0 Å². The average molecular weight is 319 g/mol. The first-order chi connectivity index (χ1) is 11.0. The molecule has 2 heterocycles. The number of aryl methyl sites for hydroxylation is 1. The smallest absolute Gasteiger partial charge is 0.277 e. The fraction of sp³-hybridized carbons (Fsp3) is 0.267. The first-order valence-electron chi connectivity index (χ1n) is 7.15. The van der Waals surface area contributed by atoms with Crippen LogP contribution in [-0.2, 0) is 13.0 Å². The highest BCUT2D eigenvalue weighted by molar-refractivity contribution is 5.39. The number of benzene rings is 1. The Morgan fingerprint density at radius 2 is 1.91 bits per heavy atom. The van der Waals surface area contributed by atoms with E-state index < -0.39 is 11.6 Å². The van der Waals surface area contributed by atoms with Gasteiger partial charge < -0.3 is 5.32 Å². The van der Waals surface area contributed by atoms with Crippen LogP contribution >= 0.6 is 0 Å². The quantitative estimate of drug-likeness (QED) is 0.773. The summed E-state index contributed by atoms with van der Waals surface area (Å²) in [5.74, 6) is -0.746. The van der Waals surface area contributed by atoms with Crippen LogP contribution in [0, 0.1) is 18.6 Å². The first kappa shape index (κ1) is 15.1. The third kappa shape index (κ3) is 2.92. The van der Waals surface area contributed by atoms with Crippen LogP contribution in [0.1, 0.15) is 23.7 Å². The van der Waals surface area contributed by atoms with Gasteiger partial charge in [-0.05, 0) is 31.0 Å². The molecule has 0 saturated heterocycles. The van der Waals surface area contributed by atoms with Gasteiger partial charge in [0.25, 0.3) is 11.3 Å². The van der Waals surface area contributed by atoms with Crippen LogP contribution in [-0.4, -0.2) is 19.6 Å². The van der Waals surface area contributed by atoms with E-state index >= 15 is 0 Å². The Morgan fingerprint density at radius 3 is 2.57 bits per heavy atom. The highest BCUT2D eigenvalue weighted by atomic mass is 19.1. The second-order valence-corrected chi connectivity index (χ2v) is 5.17. The lowest BCUT2D eigenvalue weighted by molar-refractivity contribution is 0.580. The zero-order valence-corrected chi connectivity index (χ0v) is 12.7. The van der Waals surface area contributed by atoms with E-state index in [0.29, 0.717) is 29.2 Å². The van der Waals surface area contributed by atoms with Crippen LogP contribution in [0.5, 0.6) is 0 Å². The Labute approximate surface area is 130 Å². The minimum atomic E-state index is -0.646. The Bertz CT molecular complexity index is 911. The molecule has 0 aliphatic rings. The number of aromatic nitrogens is 4. The number of halogens is 2. The van der Waals surface area contributed by atoms with Gasteiger partial charge in [-0.15, -0.1) is 0 Å². The summed E-state index contributed by atoms with van der Waals surface area (Å²) < 4.78 is 27.6. The maximum absolute atomic E-state index is 13.2. The molecule has 1 aromatic carbocycles. The lowest BCUT2D eigenvalue weighted by Crippen LogP contribution is -2.21. The molecular weight excluding hydrogens is 304 g/mol. The summed E-state index contributed by atoms with van der Waals surface area (Å²) in [6.45, 7) is 3.80. The van der Waals surface area contributed by atoms with E-state index in [9.17, 15) is 13.6 Å². The van der Waals surface area contributed by atoms with Crippen LogP contribution in [0.25, 0.3) is 5.78 Å². The zero-order valence-electron chi connectivity index (χ0n) is 12.7. The minimum absolute atomic E-state index is 0.156. The van der Waals surface area contributed by atoms with Gasteiger partial charge in [-0.2, -0.15) is 9.50 Å². The van der Waals surface area contributed by atoms with Crippen molar-refractivity contribution < 1.29 is 8.78 Å². The fourth-order valence-corrected chi connectivity index (χ4v) is 2.44. The van der Waals surface area contributed by atoms with Gasteiger partial charge in [-0.3, -0.25) is 9.89 Å². The summed E-state index contributed by atoms with van der Waals surface area (Å²) in [4.78, 5) is 20.7. The predicted octanol–water partition coefficient (Wildman–Crippen LogP) is 2.18. The molecule has 2 aromatic heterocycles. The first-order valence-corrected chi connectivity index (χ1v) is 7.15. The maximum atomic E-state index is 13.2. The molecule has 8 heteroatoms. The number of nitrogens with zero attached hydrogens (tertiary/aromatic N) is 3. The standard InChI is InChI=1S/C15H15F2N5O/c1-3-12-8(2)19-15-20-14(21-22(15)13(12)23)18-7-9-4-10(16)6-11(17)5-9/h4-6H,3,7H2,1-2H3,(H2,18,19,20,21). The lowest BCUT2D eigenvalue weighted by Gasteiger charge is -2.03. The number of fused-ring (bicyclic) bond motifs is 1. The van der Waals surface area contributed by atoms with Gasteiger partial charge >= 0.3 is 0 Å². The van der Waals surface area contributed by atoms with Gasteiger partial charge in [0.2, 0.25) is 5.95 Å². The number of hydrogen-bond acceptors (Lipinski definition) is 4. The van der Waals surface area contributed by atoms with Gasteiger partial charge in [0, 0.05) is 18.2 Å². The van der Waals surface area contributed by atoms with E-state index in [-0.39, 0.29) is 17.9 Å². The van der Waals surface area contributed by atoms with Crippen molar-refractivity contribution in [1.29, 1.82) is 0 Å². The molecule has 0 unspecified atom stereocenters. The molecule has 0 atom stereocenters. The highest BCUT2D eigenvalue weighted by Crippen LogP contribution is 2.10. The van der Waals surface area contributed by atoms with Crippen LogP contribution in [0.3, 0.4) is 0 Å². The van der Waals surface area contributed by atoms with Gasteiger partial charge in [0.1, 0.15) is 11.6 Å². The van der Waals surface area contributed by atoms with Crippen molar-refractivity contribution in [2.45, 2.75) is 26.8 Å². The molecule has 0 fully saturated rings. The average Bonchev–Trinajstić information content (AvgIpc) is 2.88. The Hall–Kier alpha value is -2.77. The zero-order chi connectivity index (χ0) is 16.6. The fourth-order valence-electron chi connectivity index (χ4n) is 2.44. The Balaban J connectivity index is 1.89. The number of anilines is 1. The highest BCUT2D eigenvalue weighted by Gasteiger charge is 2.11. The molecule has 0 aliphatic carbocycles. The summed E-state index contributed by atoms with van der Waals surface area (Å²) in [6, 6.07) is 3.26. The largest absolute Gasteiger partial charge is 0.351 e. The molecule has 0 amide bonds. The van der Waals surface area contributed by atoms with Crippen LogP contribution in [0.4, 0.5) is 14.7 Å². The second kappa shape index (κ2) is 5.79. The molecule has 0 bridgehead atoms. The Kier molecular flexibility index (Phi) is 3.81. The molecular formula is C15H15F2N5O. The van der Waals surface area contributed by atoms with E-state index in [1.165, 1.54) is 16.6 Å². The van der Waals surface area contributed by atoms with Crippen molar-refractivity contribution in [3.05, 3.63) is 57.0 Å². The van der Waals surface area contributed by atoms with Gasteiger partial charge in [-0.1, -0.05) is 6.92 Å². The van der Waals surface area contributed by atoms with E-state index in [1.54, 1.807) is 6.92 Å². The topological polar surface area (TPSA) is 75.1 Å². The number of rotatable bonds is 4. The number of H-pyrrole nitrogens is 1.